The molecule has 2 aromatic carbocycles. The monoisotopic (exact) mass is 452 g/mol. The fraction of sp³-hybridized carbons (Fsp3) is 0.300. The summed E-state index contributed by atoms with van der Waals surface area (Å²) in [5.41, 5.74) is 7.92. The predicted octanol–water partition coefficient (Wildman–Crippen LogP) is 5.64. The Morgan fingerprint density at radius 1 is 1.03 bits per heavy atom. The molecular weight excluding hydrogens is 420 g/mol. The van der Waals surface area contributed by atoms with Crippen molar-refractivity contribution in [3.8, 4) is 17.6 Å². The summed E-state index contributed by atoms with van der Waals surface area (Å²) in [5, 5.41) is 21.4. The van der Waals surface area contributed by atoms with E-state index in [2.05, 4.69) is 83.8 Å². The molecule has 2 N–H and O–H groups in total. The van der Waals surface area contributed by atoms with Gasteiger partial charge in [-0.2, -0.15) is 0 Å². The zero-order valence-corrected chi connectivity index (χ0v) is 20.2. The zero-order valence-electron chi connectivity index (χ0n) is 20.2. The molecule has 4 nitrogen and oxygen atoms in total. The van der Waals surface area contributed by atoms with Gasteiger partial charge in [0.05, 0.1) is 17.9 Å². The molecule has 4 rings (SSSR count). The van der Waals surface area contributed by atoms with Gasteiger partial charge in [-0.05, 0) is 44.4 Å². The van der Waals surface area contributed by atoms with Crippen LogP contribution in [0.5, 0.6) is 5.75 Å². The van der Waals surface area contributed by atoms with Crippen LogP contribution in [0.15, 0.2) is 54.7 Å². The number of benzene rings is 2. The number of rotatable bonds is 7. The Morgan fingerprint density at radius 2 is 1.82 bits per heavy atom. The number of aliphatic hydroxyl groups is 1. The Morgan fingerprint density at radius 3 is 2.56 bits per heavy atom. The van der Waals surface area contributed by atoms with Gasteiger partial charge in [-0.3, -0.25) is 4.98 Å². The van der Waals surface area contributed by atoms with Gasteiger partial charge in [0.2, 0.25) is 0 Å². The Hall–Kier alpha value is -3.55. The molecule has 4 aromatic rings. The van der Waals surface area contributed by atoms with E-state index in [4.69, 9.17) is 0 Å². The third-order valence-electron chi connectivity index (χ3n) is 6.36. The molecule has 174 valence electrons. The molecule has 0 saturated carbocycles. The number of hydrogen-bond acceptors (Lipinski definition) is 3. The van der Waals surface area contributed by atoms with Crippen LogP contribution in [0.3, 0.4) is 0 Å². The van der Waals surface area contributed by atoms with Crippen molar-refractivity contribution in [1.82, 2.24) is 9.55 Å². The van der Waals surface area contributed by atoms with Crippen LogP contribution < -0.4 is 0 Å². The fourth-order valence-corrected chi connectivity index (χ4v) is 4.54. The molecule has 0 aliphatic rings. The predicted molar refractivity (Wildman–Crippen MR) is 138 cm³/mol. The standard InChI is InChI=1S/C30H32N2O2/c1-4-9-28-26(13-8-12-25-24(20-33)19-31-22(3)30(25)34)27-18-21(2)14-15-29(27)32(28)17-16-23-10-6-5-7-11-23/h5-7,10-11,14-15,18-19,33-34H,4,9,12,16-17,20H2,1-3H3. The molecule has 4 heteroatoms. The van der Waals surface area contributed by atoms with Crippen molar-refractivity contribution in [3.63, 3.8) is 0 Å². The SMILES string of the molecule is CCCc1c(C#CCc2c(CO)cnc(C)c2O)c2cc(C)ccc2n1CCc1ccccc1. The van der Waals surface area contributed by atoms with Crippen LogP contribution in [0.25, 0.3) is 10.9 Å². The van der Waals surface area contributed by atoms with Crippen LogP contribution in [0, 0.1) is 25.7 Å². The lowest BCUT2D eigenvalue weighted by Gasteiger charge is -2.11. The van der Waals surface area contributed by atoms with Crippen molar-refractivity contribution >= 4 is 10.9 Å². The average molecular weight is 453 g/mol. The molecular formula is C30H32N2O2. The van der Waals surface area contributed by atoms with E-state index < -0.39 is 0 Å². The number of aryl methyl sites for hydroxylation is 4. The van der Waals surface area contributed by atoms with Gasteiger partial charge in [0, 0.05) is 46.9 Å². The summed E-state index contributed by atoms with van der Waals surface area (Å²) in [6, 6.07) is 17.2. The smallest absolute Gasteiger partial charge is 0.141 e. The third kappa shape index (κ3) is 4.85. The Bertz CT molecular complexity index is 1360. The van der Waals surface area contributed by atoms with Crippen LogP contribution in [-0.2, 0) is 32.4 Å². The summed E-state index contributed by atoms with van der Waals surface area (Å²) >= 11 is 0. The summed E-state index contributed by atoms with van der Waals surface area (Å²) < 4.78 is 2.43. The van der Waals surface area contributed by atoms with Crippen molar-refractivity contribution in [1.29, 1.82) is 0 Å². The van der Waals surface area contributed by atoms with Crippen LogP contribution >= 0.6 is 0 Å². The van der Waals surface area contributed by atoms with Gasteiger partial charge in [0.15, 0.2) is 0 Å². The number of fused-ring (bicyclic) bond motifs is 1. The third-order valence-corrected chi connectivity index (χ3v) is 6.36. The summed E-state index contributed by atoms with van der Waals surface area (Å²) in [4.78, 5) is 4.15. The first kappa shape index (κ1) is 23.6. The summed E-state index contributed by atoms with van der Waals surface area (Å²) in [7, 11) is 0. The fourth-order valence-electron chi connectivity index (χ4n) is 4.54. The molecule has 0 radical (unpaired) electrons. The highest BCUT2D eigenvalue weighted by Gasteiger charge is 2.16. The maximum atomic E-state index is 10.5. The average Bonchev–Trinajstić information content (AvgIpc) is 3.13. The minimum atomic E-state index is -0.170. The van der Waals surface area contributed by atoms with E-state index in [0.29, 0.717) is 23.2 Å². The van der Waals surface area contributed by atoms with Crippen LogP contribution in [0.4, 0.5) is 0 Å². The second-order valence-electron chi connectivity index (χ2n) is 8.81. The van der Waals surface area contributed by atoms with E-state index in [-0.39, 0.29) is 12.4 Å². The molecule has 0 amide bonds. The lowest BCUT2D eigenvalue weighted by Crippen LogP contribution is -2.06. The minimum absolute atomic E-state index is 0.121. The van der Waals surface area contributed by atoms with Gasteiger partial charge in [0.1, 0.15) is 5.75 Å². The molecule has 2 heterocycles. The largest absolute Gasteiger partial charge is 0.506 e. The lowest BCUT2D eigenvalue weighted by atomic mass is 10.0. The number of pyridine rings is 1. The molecule has 0 aliphatic heterocycles. The number of aliphatic hydroxyl groups excluding tert-OH is 1. The van der Waals surface area contributed by atoms with Crippen molar-refractivity contribution in [2.45, 2.75) is 59.6 Å². The van der Waals surface area contributed by atoms with Crippen LogP contribution in [-0.4, -0.2) is 19.8 Å². The Kier molecular flexibility index (Phi) is 7.35. The highest BCUT2D eigenvalue weighted by Crippen LogP contribution is 2.29. The highest BCUT2D eigenvalue weighted by molar-refractivity contribution is 5.89. The van der Waals surface area contributed by atoms with Crippen LogP contribution in [0.1, 0.15) is 52.5 Å². The summed E-state index contributed by atoms with van der Waals surface area (Å²) in [6.07, 6.45) is 4.93. The first-order chi connectivity index (χ1) is 16.5. The highest BCUT2D eigenvalue weighted by atomic mass is 16.3. The Labute approximate surface area is 201 Å². The van der Waals surface area contributed by atoms with Crippen molar-refractivity contribution in [3.05, 3.63) is 93.9 Å². The van der Waals surface area contributed by atoms with E-state index in [1.54, 1.807) is 13.1 Å². The second-order valence-corrected chi connectivity index (χ2v) is 8.81. The van der Waals surface area contributed by atoms with E-state index in [1.807, 2.05) is 0 Å². The quantitative estimate of drug-likeness (QED) is 0.357. The van der Waals surface area contributed by atoms with Gasteiger partial charge >= 0.3 is 0 Å². The lowest BCUT2D eigenvalue weighted by molar-refractivity contribution is 0.279. The molecule has 34 heavy (non-hydrogen) atoms. The zero-order chi connectivity index (χ0) is 24.1. The number of aromatic hydroxyl groups is 1. The summed E-state index contributed by atoms with van der Waals surface area (Å²) in [5.74, 6) is 6.87. The minimum Gasteiger partial charge on any atom is -0.506 e. The molecule has 0 bridgehead atoms. The molecule has 2 aromatic heterocycles. The van der Waals surface area contributed by atoms with Crippen LogP contribution in [0.2, 0.25) is 0 Å². The van der Waals surface area contributed by atoms with Crippen molar-refractivity contribution in [2.75, 3.05) is 0 Å². The van der Waals surface area contributed by atoms with E-state index >= 15 is 0 Å². The van der Waals surface area contributed by atoms with Crippen molar-refractivity contribution in [2.24, 2.45) is 0 Å². The first-order valence-corrected chi connectivity index (χ1v) is 11.9. The van der Waals surface area contributed by atoms with Gasteiger partial charge in [-0.25, -0.2) is 0 Å². The number of aromatic nitrogens is 2. The maximum absolute atomic E-state index is 10.5. The van der Waals surface area contributed by atoms with Gasteiger partial charge in [-0.15, -0.1) is 0 Å². The molecule has 0 unspecified atom stereocenters. The Balaban J connectivity index is 1.77. The van der Waals surface area contributed by atoms with Gasteiger partial charge in [0.25, 0.3) is 0 Å². The molecule has 0 spiro atoms. The van der Waals surface area contributed by atoms with Gasteiger partial charge in [-0.1, -0.05) is 67.1 Å². The normalized spacial score (nSPS) is 10.9. The molecule has 0 aliphatic carbocycles. The van der Waals surface area contributed by atoms with Crippen molar-refractivity contribution < 1.29 is 10.2 Å². The molecule has 0 atom stereocenters. The topological polar surface area (TPSA) is 58.3 Å². The van der Waals surface area contributed by atoms with E-state index in [0.717, 1.165) is 31.4 Å². The van der Waals surface area contributed by atoms with E-state index in [9.17, 15) is 10.2 Å². The number of nitrogens with zero attached hydrogens (tertiary/aromatic N) is 2. The van der Waals surface area contributed by atoms with E-state index in [1.165, 1.54) is 27.7 Å². The number of hydrogen-bond donors (Lipinski definition) is 2. The molecule has 0 fully saturated rings. The first-order valence-electron chi connectivity index (χ1n) is 11.9. The molecule has 0 saturated heterocycles. The van der Waals surface area contributed by atoms with Gasteiger partial charge < -0.3 is 14.8 Å². The maximum Gasteiger partial charge on any atom is 0.141 e. The summed E-state index contributed by atoms with van der Waals surface area (Å²) in [6.45, 7) is 6.81. The second kappa shape index (κ2) is 10.6.